The number of nitrogens with one attached hydrogen (secondary N) is 1. The lowest BCUT2D eigenvalue weighted by molar-refractivity contribution is -0.130. The van der Waals surface area contributed by atoms with E-state index in [0.29, 0.717) is 36.3 Å². The van der Waals surface area contributed by atoms with E-state index >= 15 is 0 Å². The topological polar surface area (TPSA) is 89.3 Å². The van der Waals surface area contributed by atoms with Gasteiger partial charge in [-0.1, -0.05) is 28.1 Å². The van der Waals surface area contributed by atoms with Gasteiger partial charge in [0.15, 0.2) is 6.23 Å². The Balaban J connectivity index is 1.34. The second-order valence-corrected chi connectivity index (χ2v) is 10.3. The summed E-state index contributed by atoms with van der Waals surface area (Å²) in [5.41, 5.74) is 5.28. The third-order valence-corrected chi connectivity index (χ3v) is 7.28. The Labute approximate surface area is 226 Å². The number of pyridine rings is 1. The maximum Gasteiger partial charge on any atom is 0.253 e. The third-order valence-electron chi connectivity index (χ3n) is 6.75. The number of amides is 2. The molecule has 0 bridgehead atoms. The van der Waals surface area contributed by atoms with Crippen LogP contribution < -0.4 is 5.32 Å². The smallest absolute Gasteiger partial charge is 0.253 e. The van der Waals surface area contributed by atoms with Gasteiger partial charge in [-0.15, -0.1) is 0 Å². The van der Waals surface area contributed by atoms with Gasteiger partial charge >= 0.3 is 0 Å². The Hall–Kier alpha value is -3.89. The molecule has 4 heterocycles. The van der Waals surface area contributed by atoms with Gasteiger partial charge in [-0.3, -0.25) is 14.6 Å². The number of hydrogen-bond acceptors (Lipinski definition) is 5. The van der Waals surface area contributed by atoms with Crippen molar-refractivity contribution in [2.75, 3.05) is 11.9 Å². The molecule has 2 aromatic heterocycles. The molecule has 2 atom stereocenters. The Morgan fingerprint density at radius 2 is 1.95 bits per heavy atom. The van der Waals surface area contributed by atoms with E-state index in [2.05, 4.69) is 26.2 Å². The van der Waals surface area contributed by atoms with Crippen molar-refractivity contribution in [1.29, 1.82) is 0 Å². The number of hydrogen-bond donors (Lipinski definition) is 1. The molecule has 8 nitrogen and oxygen atoms in total. The number of aromatic nitrogens is 3. The molecular weight excluding hydrogens is 553 g/mol. The van der Waals surface area contributed by atoms with Crippen LogP contribution in [0.2, 0.25) is 0 Å². The molecular formula is C28H23BrFN5O3. The van der Waals surface area contributed by atoms with Crippen LogP contribution in [-0.2, 0) is 27.2 Å². The van der Waals surface area contributed by atoms with Crippen LogP contribution in [0.15, 0.2) is 71.5 Å². The molecule has 1 N–H and O–H groups in total. The molecule has 10 heteroatoms. The average molecular weight is 576 g/mol. The van der Waals surface area contributed by atoms with Crippen LogP contribution in [0.3, 0.4) is 0 Å². The summed E-state index contributed by atoms with van der Waals surface area (Å²) >= 11 is 3.45. The molecule has 1 saturated heterocycles. The SMILES string of the molecule is C[C@H]1O[C@H](c2cn(-c3ccc(Br)cc3)nc2-c2ccc(F)cn2)N(CCc2ccc3c(c2)CC(=O)N3)C1=O. The van der Waals surface area contributed by atoms with Gasteiger partial charge in [-0.2, -0.15) is 5.10 Å². The minimum atomic E-state index is -0.693. The lowest BCUT2D eigenvalue weighted by atomic mass is 10.1. The molecule has 192 valence electrons. The second kappa shape index (κ2) is 9.77. The fourth-order valence-corrected chi connectivity index (χ4v) is 5.10. The van der Waals surface area contributed by atoms with Crippen molar-refractivity contribution in [2.45, 2.75) is 32.1 Å². The zero-order chi connectivity index (χ0) is 26.4. The van der Waals surface area contributed by atoms with Gasteiger partial charge in [-0.05, 0) is 66.9 Å². The van der Waals surface area contributed by atoms with Crippen LogP contribution in [0.25, 0.3) is 17.1 Å². The zero-order valence-electron chi connectivity index (χ0n) is 20.4. The highest BCUT2D eigenvalue weighted by Crippen LogP contribution is 2.37. The summed E-state index contributed by atoms with van der Waals surface area (Å²) in [5, 5.41) is 7.61. The van der Waals surface area contributed by atoms with Crippen LogP contribution in [0.5, 0.6) is 0 Å². The van der Waals surface area contributed by atoms with Crippen molar-refractivity contribution in [3.8, 4) is 17.1 Å². The average Bonchev–Trinajstić information content (AvgIpc) is 3.58. The van der Waals surface area contributed by atoms with Crippen LogP contribution in [0, 0.1) is 5.82 Å². The van der Waals surface area contributed by atoms with Crippen molar-refractivity contribution in [1.82, 2.24) is 19.7 Å². The molecule has 4 aromatic rings. The first kappa shape index (κ1) is 24.4. The monoisotopic (exact) mass is 575 g/mol. The highest BCUT2D eigenvalue weighted by Gasteiger charge is 2.41. The van der Waals surface area contributed by atoms with E-state index in [1.807, 2.05) is 48.7 Å². The van der Waals surface area contributed by atoms with Crippen molar-refractivity contribution >= 4 is 33.4 Å². The lowest BCUT2D eigenvalue weighted by Gasteiger charge is -2.23. The van der Waals surface area contributed by atoms with E-state index in [9.17, 15) is 14.0 Å². The Morgan fingerprint density at radius 1 is 1.13 bits per heavy atom. The molecule has 38 heavy (non-hydrogen) atoms. The second-order valence-electron chi connectivity index (χ2n) is 9.34. The first-order valence-electron chi connectivity index (χ1n) is 12.2. The van der Waals surface area contributed by atoms with Crippen molar-refractivity contribution in [3.05, 3.63) is 94.0 Å². The van der Waals surface area contributed by atoms with Gasteiger partial charge in [0, 0.05) is 28.5 Å². The third kappa shape index (κ3) is 4.61. The number of ether oxygens (including phenoxy) is 1. The summed E-state index contributed by atoms with van der Waals surface area (Å²) in [5.74, 6) is -0.585. The molecule has 2 aliphatic rings. The van der Waals surface area contributed by atoms with Crippen molar-refractivity contribution in [2.24, 2.45) is 0 Å². The number of rotatable bonds is 6. The van der Waals surface area contributed by atoms with Crippen LogP contribution >= 0.6 is 15.9 Å². The number of fused-ring (bicyclic) bond motifs is 1. The summed E-state index contributed by atoms with van der Waals surface area (Å²) in [4.78, 5) is 30.9. The summed E-state index contributed by atoms with van der Waals surface area (Å²) in [6.45, 7) is 2.14. The predicted octanol–water partition coefficient (Wildman–Crippen LogP) is 4.82. The molecule has 0 spiro atoms. The van der Waals surface area contributed by atoms with Crippen LogP contribution in [0.4, 0.5) is 10.1 Å². The van der Waals surface area contributed by atoms with Gasteiger partial charge in [-0.25, -0.2) is 9.07 Å². The van der Waals surface area contributed by atoms with Crippen LogP contribution in [0.1, 0.15) is 29.8 Å². The normalized spacial score (nSPS) is 18.7. The number of nitrogens with zero attached hydrogens (tertiary/aromatic N) is 4. The maximum absolute atomic E-state index is 13.6. The summed E-state index contributed by atoms with van der Waals surface area (Å²) in [6.07, 6.45) is 2.60. The van der Waals surface area contributed by atoms with E-state index in [1.54, 1.807) is 22.6 Å². The minimum absolute atomic E-state index is 0.0149. The highest BCUT2D eigenvalue weighted by molar-refractivity contribution is 9.10. The molecule has 2 aliphatic heterocycles. The predicted molar refractivity (Wildman–Crippen MR) is 142 cm³/mol. The van der Waals surface area contributed by atoms with E-state index in [1.165, 1.54) is 6.07 Å². The van der Waals surface area contributed by atoms with E-state index in [0.717, 1.165) is 33.2 Å². The molecule has 0 aliphatic carbocycles. The quantitative estimate of drug-likeness (QED) is 0.356. The van der Waals surface area contributed by atoms with Crippen molar-refractivity contribution in [3.63, 3.8) is 0 Å². The largest absolute Gasteiger partial charge is 0.341 e. The Bertz CT molecular complexity index is 1540. The first-order valence-corrected chi connectivity index (χ1v) is 13.0. The van der Waals surface area contributed by atoms with Crippen molar-refractivity contribution < 1.29 is 18.7 Å². The fourth-order valence-electron chi connectivity index (χ4n) is 4.84. The summed E-state index contributed by atoms with van der Waals surface area (Å²) < 4.78 is 22.5. The van der Waals surface area contributed by atoms with E-state index in [-0.39, 0.29) is 11.8 Å². The zero-order valence-corrected chi connectivity index (χ0v) is 22.0. The molecule has 2 amide bonds. The number of benzene rings is 2. The summed E-state index contributed by atoms with van der Waals surface area (Å²) in [6, 6.07) is 16.4. The van der Waals surface area contributed by atoms with E-state index < -0.39 is 18.1 Å². The number of anilines is 1. The highest BCUT2D eigenvalue weighted by atomic mass is 79.9. The first-order chi connectivity index (χ1) is 18.4. The molecule has 2 aromatic carbocycles. The lowest BCUT2D eigenvalue weighted by Crippen LogP contribution is -2.32. The van der Waals surface area contributed by atoms with Gasteiger partial charge in [0.25, 0.3) is 5.91 Å². The Kier molecular flexibility index (Phi) is 6.29. The van der Waals surface area contributed by atoms with Gasteiger partial charge < -0.3 is 15.0 Å². The fraction of sp³-hybridized carbons (Fsp3) is 0.214. The number of carbonyl (C=O) groups is 2. The van der Waals surface area contributed by atoms with E-state index in [4.69, 9.17) is 9.84 Å². The number of halogens is 2. The standard InChI is InChI=1S/C28H23BrFN5O3/c1-16-27(37)34(11-10-17-2-8-23-18(12-17)13-25(36)32-23)28(38-16)22-15-35(21-6-3-19(29)4-7-21)33-26(22)24-9-5-20(30)14-31-24/h2-9,12,14-16,28H,10-11,13H2,1H3,(H,32,36)/t16-,28-/m1/s1. The molecule has 1 fully saturated rings. The molecule has 0 saturated carbocycles. The molecule has 0 radical (unpaired) electrons. The van der Waals surface area contributed by atoms with Crippen LogP contribution in [-0.4, -0.2) is 44.1 Å². The summed E-state index contributed by atoms with van der Waals surface area (Å²) in [7, 11) is 0. The van der Waals surface area contributed by atoms with Gasteiger partial charge in [0.1, 0.15) is 17.6 Å². The van der Waals surface area contributed by atoms with Gasteiger partial charge in [0.2, 0.25) is 5.91 Å². The van der Waals surface area contributed by atoms with Gasteiger partial charge in [0.05, 0.1) is 24.0 Å². The Morgan fingerprint density at radius 3 is 2.71 bits per heavy atom. The maximum atomic E-state index is 13.6. The number of carbonyl (C=O) groups excluding carboxylic acids is 2. The minimum Gasteiger partial charge on any atom is -0.341 e. The molecule has 0 unspecified atom stereocenters. The molecule has 6 rings (SSSR count).